The number of nitrogens with one attached hydrogen (secondary N) is 2. The van der Waals surface area contributed by atoms with Crippen molar-refractivity contribution >= 4 is 17.5 Å². The number of rotatable bonds is 5. The highest BCUT2D eigenvalue weighted by atomic mass is 16.2. The Labute approximate surface area is 107 Å². The quantitative estimate of drug-likeness (QED) is 0.723. The van der Waals surface area contributed by atoms with Crippen molar-refractivity contribution in [3.05, 3.63) is 29.8 Å². The van der Waals surface area contributed by atoms with E-state index in [1.807, 2.05) is 38.1 Å². The first-order chi connectivity index (χ1) is 8.52. The van der Waals surface area contributed by atoms with E-state index in [1.165, 1.54) is 0 Å². The lowest BCUT2D eigenvalue weighted by Crippen LogP contribution is -2.29. The predicted molar refractivity (Wildman–Crippen MR) is 70.8 cm³/mol. The van der Waals surface area contributed by atoms with Gasteiger partial charge in [-0.15, -0.1) is 0 Å². The molecule has 4 N–H and O–H groups in total. The van der Waals surface area contributed by atoms with Gasteiger partial charge in [0.2, 0.25) is 11.8 Å². The van der Waals surface area contributed by atoms with E-state index in [-0.39, 0.29) is 24.3 Å². The van der Waals surface area contributed by atoms with E-state index in [2.05, 4.69) is 10.6 Å². The third-order valence-electron chi connectivity index (χ3n) is 2.39. The number of carbonyl (C=O) groups is 2. The molecule has 2 amide bonds. The zero-order valence-corrected chi connectivity index (χ0v) is 10.7. The minimum Gasteiger partial charge on any atom is -0.351 e. The van der Waals surface area contributed by atoms with Gasteiger partial charge in [-0.3, -0.25) is 9.59 Å². The van der Waals surface area contributed by atoms with Gasteiger partial charge in [0.25, 0.3) is 0 Å². The fourth-order valence-electron chi connectivity index (χ4n) is 1.32. The molecule has 0 aliphatic rings. The molecular weight excluding hydrogens is 230 g/mol. The molecule has 0 aliphatic carbocycles. The summed E-state index contributed by atoms with van der Waals surface area (Å²) >= 11 is 0. The van der Waals surface area contributed by atoms with Crippen molar-refractivity contribution in [2.75, 3.05) is 11.9 Å². The lowest BCUT2D eigenvalue weighted by atomic mass is 10.1. The van der Waals surface area contributed by atoms with Gasteiger partial charge in [0, 0.05) is 18.2 Å². The van der Waals surface area contributed by atoms with Crippen LogP contribution in [0.1, 0.15) is 19.4 Å². The van der Waals surface area contributed by atoms with E-state index in [4.69, 9.17) is 5.73 Å². The maximum Gasteiger partial charge on any atom is 0.234 e. The fraction of sp³-hybridized carbons (Fsp3) is 0.385. The Balaban J connectivity index is 2.62. The molecule has 0 spiro atoms. The highest BCUT2D eigenvalue weighted by molar-refractivity contribution is 5.92. The number of hydrogen-bond donors (Lipinski definition) is 3. The highest BCUT2D eigenvalue weighted by Gasteiger charge is 2.07. The average Bonchev–Trinajstić information content (AvgIpc) is 2.36. The summed E-state index contributed by atoms with van der Waals surface area (Å²) in [6, 6.07) is 7.35. The second kappa shape index (κ2) is 6.76. The first-order valence-electron chi connectivity index (χ1n) is 5.89. The third kappa shape index (κ3) is 4.55. The molecule has 98 valence electrons. The molecule has 1 aromatic rings. The van der Waals surface area contributed by atoms with Crippen LogP contribution in [0.15, 0.2) is 24.3 Å². The first-order valence-corrected chi connectivity index (χ1v) is 5.89. The van der Waals surface area contributed by atoms with Crippen molar-refractivity contribution < 1.29 is 9.59 Å². The van der Waals surface area contributed by atoms with Gasteiger partial charge in [0.15, 0.2) is 0 Å². The Morgan fingerprint density at radius 1 is 1.33 bits per heavy atom. The van der Waals surface area contributed by atoms with Crippen molar-refractivity contribution in [3.63, 3.8) is 0 Å². The number of amides is 2. The second-order valence-corrected chi connectivity index (χ2v) is 4.33. The molecule has 0 aliphatic heterocycles. The molecular formula is C13H19N3O2. The number of anilines is 1. The molecule has 1 rings (SSSR count). The maximum absolute atomic E-state index is 11.5. The normalized spacial score (nSPS) is 10.2. The zero-order valence-electron chi connectivity index (χ0n) is 10.7. The van der Waals surface area contributed by atoms with Crippen LogP contribution in [0, 0.1) is 5.92 Å². The summed E-state index contributed by atoms with van der Waals surface area (Å²) in [5, 5.41) is 5.48. The molecule has 18 heavy (non-hydrogen) atoms. The van der Waals surface area contributed by atoms with E-state index in [9.17, 15) is 9.59 Å². The van der Waals surface area contributed by atoms with Gasteiger partial charge in [0.1, 0.15) is 0 Å². The van der Waals surface area contributed by atoms with Crippen LogP contribution in [0.25, 0.3) is 0 Å². The third-order valence-corrected chi connectivity index (χ3v) is 2.39. The molecule has 0 unspecified atom stereocenters. The van der Waals surface area contributed by atoms with E-state index < -0.39 is 0 Å². The lowest BCUT2D eigenvalue weighted by Gasteiger charge is -2.09. The Kier molecular flexibility index (Phi) is 5.32. The van der Waals surface area contributed by atoms with Crippen molar-refractivity contribution in [2.45, 2.75) is 20.4 Å². The molecule has 0 saturated heterocycles. The number of hydrogen-bond acceptors (Lipinski definition) is 3. The largest absolute Gasteiger partial charge is 0.351 e. The summed E-state index contributed by atoms with van der Waals surface area (Å²) in [4.78, 5) is 22.6. The average molecular weight is 249 g/mol. The Morgan fingerprint density at radius 3 is 2.67 bits per heavy atom. The molecule has 0 saturated carbocycles. The second-order valence-electron chi connectivity index (χ2n) is 4.33. The monoisotopic (exact) mass is 249 g/mol. The summed E-state index contributed by atoms with van der Waals surface area (Å²) in [5.74, 6) is -0.296. The SMILES string of the molecule is CC(C)C(=O)Nc1cccc(CNC(=O)CN)c1. The predicted octanol–water partition coefficient (Wildman–Crippen LogP) is 0.856. The molecule has 0 bridgehead atoms. The lowest BCUT2D eigenvalue weighted by molar-refractivity contribution is -0.120. The molecule has 0 atom stereocenters. The topological polar surface area (TPSA) is 84.2 Å². The molecule has 5 heteroatoms. The van der Waals surface area contributed by atoms with Gasteiger partial charge in [-0.2, -0.15) is 0 Å². The van der Waals surface area contributed by atoms with Crippen LogP contribution in [0.4, 0.5) is 5.69 Å². The summed E-state index contributed by atoms with van der Waals surface area (Å²) in [6.07, 6.45) is 0. The van der Waals surface area contributed by atoms with Gasteiger partial charge in [-0.1, -0.05) is 26.0 Å². The van der Waals surface area contributed by atoms with Gasteiger partial charge >= 0.3 is 0 Å². The summed E-state index contributed by atoms with van der Waals surface area (Å²) < 4.78 is 0. The van der Waals surface area contributed by atoms with Crippen molar-refractivity contribution in [3.8, 4) is 0 Å². The number of nitrogens with two attached hydrogens (primary N) is 1. The minimum absolute atomic E-state index is 0.0240. The van der Waals surface area contributed by atoms with Crippen LogP contribution in [0.2, 0.25) is 0 Å². The summed E-state index contributed by atoms with van der Waals surface area (Å²) in [7, 11) is 0. The minimum atomic E-state index is -0.202. The Morgan fingerprint density at radius 2 is 2.06 bits per heavy atom. The van der Waals surface area contributed by atoms with E-state index in [1.54, 1.807) is 0 Å². The first kappa shape index (κ1) is 14.2. The Hall–Kier alpha value is -1.88. The van der Waals surface area contributed by atoms with Crippen molar-refractivity contribution in [1.29, 1.82) is 0 Å². The Bertz CT molecular complexity index is 430. The smallest absolute Gasteiger partial charge is 0.234 e. The van der Waals surface area contributed by atoms with E-state index in [0.717, 1.165) is 11.3 Å². The zero-order chi connectivity index (χ0) is 13.5. The van der Waals surface area contributed by atoms with E-state index >= 15 is 0 Å². The maximum atomic E-state index is 11.5. The number of benzene rings is 1. The summed E-state index contributed by atoms with van der Waals surface area (Å²) in [5.41, 5.74) is 6.84. The van der Waals surface area contributed by atoms with Crippen LogP contribution in [0.3, 0.4) is 0 Å². The van der Waals surface area contributed by atoms with Crippen LogP contribution >= 0.6 is 0 Å². The molecule has 0 fully saturated rings. The van der Waals surface area contributed by atoms with E-state index in [0.29, 0.717) is 6.54 Å². The standard InChI is InChI=1S/C13H19N3O2/c1-9(2)13(18)16-11-5-3-4-10(6-11)8-15-12(17)7-14/h3-6,9H,7-8,14H2,1-2H3,(H,15,17)(H,16,18). The van der Waals surface area contributed by atoms with Crippen LogP contribution in [0.5, 0.6) is 0 Å². The molecule has 0 radical (unpaired) electrons. The highest BCUT2D eigenvalue weighted by Crippen LogP contribution is 2.11. The van der Waals surface area contributed by atoms with Gasteiger partial charge in [0.05, 0.1) is 6.54 Å². The van der Waals surface area contributed by atoms with Crippen LogP contribution in [-0.2, 0) is 16.1 Å². The fourth-order valence-corrected chi connectivity index (χ4v) is 1.32. The molecule has 1 aromatic carbocycles. The van der Waals surface area contributed by atoms with Gasteiger partial charge in [-0.25, -0.2) is 0 Å². The van der Waals surface area contributed by atoms with Crippen LogP contribution < -0.4 is 16.4 Å². The van der Waals surface area contributed by atoms with Crippen molar-refractivity contribution in [2.24, 2.45) is 11.7 Å². The van der Waals surface area contributed by atoms with Gasteiger partial charge < -0.3 is 16.4 Å². The molecule has 5 nitrogen and oxygen atoms in total. The molecule has 0 aromatic heterocycles. The number of carbonyl (C=O) groups excluding carboxylic acids is 2. The van der Waals surface area contributed by atoms with Crippen molar-refractivity contribution in [1.82, 2.24) is 5.32 Å². The van der Waals surface area contributed by atoms with Crippen LogP contribution in [-0.4, -0.2) is 18.4 Å². The van der Waals surface area contributed by atoms with Gasteiger partial charge in [-0.05, 0) is 17.7 Å². The summed E-state index contributed by atoms with van der Waals surface area (Å²) in [6.45, 7) is 4.05. The molecule has 0 heterocycles.